The van der Waals surface area contributed by atoms with Gasteiger partial charge in [0.2, 0.25) is 17.8 Å². The molecular formula is C3H7N7O4. The van der Waals surface area contributed by atoms with Crippen molar-refractivity contribution in [3.63, 3.8) is 0 Å². The summed E-state index contributed by atoms with van der Waals surface area (Å²) in [5.41, 5.74) is 15.4. The Kier molecular flexibility index (Phi) is 4.34. The van der Waals surface area contributed by atoms with Crippen LogP contribution < -0.4 is 17.2 Å². The van der Waals surface area contributed by atoms with Gasteiger partial charge in [-0.1, -0.05) is 0 Å². The fourth-order valence-electron chi connectivity index (χ4n) is 0.427. The number of nitrogens with two attached hydrogens (primary N) is 3. The second kappa shape index (κ2) is 5.26. The van der Waals surface area contributed by atoms with E-state index in [0.29, 0.717) is 0 Å². The SMILES string of the molecule is Nc1nc(N)nc(N)n1.O=[N+]([O-])OO. The lowest BCUT2D eigenvalue weighted by Gasteiger charge is -1.93. The average molecular weight is 205 g/mol. The number of rotatable bonds is 1. The van der Waals surface area contributed by atoms with Gasteiger partial charge in [0.05, 0.1) is 0 Å². The predicted octanol–water partition coefficient (Wildman–Crippen LogP) is -1.71. The Bertz CT molecular complexity index is 265. The molecule has 0 radical (unpaired) electrons. The van der Waals surface area contributed by atoms with Gasteiger partial charge in [0.25, 0.3) is 0 Å². The molecule has 7 N–H and O–H groups in total. The van der Waals surface area contributed by atoms with Crippen molar-refractivity contribution in [2.45, 2.75) is 0 Å². The number of hydrogen-bond acceptors (Lipinski definition) is 10. The average Bonchev–Trinajstić information content (AvgIpc) is 2.02. The zero-order valence-corrected chi connectivity index (χ0v) is 6.69. The largest absolute Gasteiger partial charge is 0.368 e. The van der Waals surface area contributed by atoms with E-state index < -0.39 is 5.09 Å². The monoisotopic (exact) mass is 205 g/mol. The Morgan fingerprint density at radius 3 is 1.50 bits per heavy atom. The molecule has 1 rings (SSSR count). The van der Waals surface area contributed by atoms with Gasteiger partial charge in [-0.3, -0.25) is 0 Å². The summed E-state index contributed by atoms with van der Waals surface area (Å²) in [7, 11) is 0. The molecule has 11 heteroatoms. The van der Waals surface area contributed by atoms with Crippen molar-refractivity contribution in [2.75, 3.05) is 17.2 Å². The van der Waals surface area contributed by atoms with Crippen LogP contribution in [0.1, 0.15) is 0 Å². The smallest absolute Gasteiger partial charge is 0.322 e. The molecule has 0 atom stereocenters. The maximum Gasteiger partial charge on any atom is 0.322 e. The number of anilines is 3. The first-order valence-corrected chi connectivity index (χ1v) is 2.94. The lowest BCUT2D eigenvalue weighted by molar-refractivity contribution is -0.846. The van der Waals surface area contributed by atoms with Crippen LogP contribution in [0.2, 0.25) is 0 Å². The number of aromatic nitrogens is 3. The van der Waals surface area contributed by atoms with Crippen molar-refractivity contribution in [1.29, 1.82) is 0 Å². The molecule has 1 heterocycles. The predicted molar refractivity (Wildman–Crippen MR) is 43.8 cm³/mol. The van der Waals surface area contributed by atoms with E-state index in [1.165, 1.54) is 0 Å². The van der Waals surface area contributed by atoms with Crippen LogP contribution in [0.4, 0.5) is 17.8 Å². The van der Waals surface area contributed by atoms with E-state index in [1.807, 2.05) is 0 Å². The quantitative estimate of drug-likeness (QED) is 0.233. The van der Waals surface area contributed by atoms with Crippen LogP contribution in [-0.4, -0.2) is 25.3 Å². The van der Waals surface area contributed by atoms with E-state index in [1.54, 1.807) is 0 Å². The van der Waals surface area contributed by atoms with Gasteiger partial charge in [-0.15, -0.1) is 15.1 Å². The Balaban J connectivity index is 0.000000292. The highest BCUT2D eigenvalue weighted by Crippen LogP contribution is 1.97. The van der Waals surface area contributed by atoms with Crippen LogP contribution in [0.5, 0.6) is 0 Å². The standard InChI is InChI=1S/C3H6N6.HNO4/c4-1-7-2(5)9-3(6)8-1;2-1(3)5-4/h(H6,4,5,6,7,8,9);4H. The Hall–Kier alpha value is -2.43. The van der Waals surface area contributed by atoms with E-state index in [0.717, 1.165) is 0 Å². The molecule has 14 heavy (non-hydrogen) atoms. The molecule has 78 valence electrons. The Morgan fingerprint density at radius 2 is 1.36 bits per heavy atom. The summed E-state index contributed by atoms with van der Waals surface area (Å²) in [6, 6.07) is 0. The number of nitrogens with zero attached hydrogens (tertiary/aromatic N) is 4. The normalized spacial score (nSPS) is 8.36. The zero-order chi connectivity index (χ0) is 11.1. The van der Waals surface area contributed by atoms with Crippen molar-refractivity contribution >= 4 is 17.8 Å². The third kappa shape index (κ3) is 5.25. The minimum atomic E-state index is -1.32. The van der Waals surface area contributed by atoms with E-state index in [2.05, 4.69) is 19.9 Å². The molecule has 0 aliphatic heterocycles. The number of nitrogen functional groups attached to an aromatic ring is 3. The summed E-state index contributed by atoms with van der Waals surface area (Å²) in [5.74, 6) is 0.125. The van der Waals surface area contributed by atoms with Crippen molar-refractivity contribution in [2.24, 2.45) is 0 Å². The van der Waals surface area contributed by atoms with Crippen molar-refractivity contribution < 1.29 is 15.3 Å². The van der Waals surface area contributed by atoms with E-state index in [-0.39, 0.29) is 17.8 Å². The van der Waals surface area contributed by atoms with E-state index >= 15 is 0 Å². The van der Waals surface area contributed by atoms with Crippen LogP contribution >= 0.6 is 0 Å². The molecule has 0 amide bonds. The maximum atomic E-state index is 8.70. The fourth-order valence-corrected chi connectivity index (χ4v) is 0.427. The summed E-state index contributed by atoms with van der Waals surface area (Å²) in [5, 5.41) is 14.3. The van der Waals surface area contributed by atoms with Gasteiger partial charge in [-0.05, 0) is 0 Å². The summed E-state index contributed by atoms with van der Waals surface area (Å²) in [6.07, 6.45) is 0. The summed E-state index contributed by atoms with van der Waals surface area (Å²) < 4.78 is 0. The summed E-state index contributed by atoms with van der Waals surface area (Å²) in [6.45, 7) is 0. The van der Waals surface area contributed by atoms with Gasteiger partial charge in [0.15, 0.2) is 0 Å². The second-order valence-electron chi connectivity index (χ2n) is 1.72. The Labute approximate surface area is 76.6 Å². The van der Waals surface area contributed by atoms with Crippen molar-refractivity contribution in [1.82, 2.24) is 15.0 Å². The van der Waals surface area contributed by atoms with Crippen molar-refractivity contribution in [3.8, 4) is 0 Å². The third-order valence-corrected chi connectivity index (χ3v) is 0.754. The molecule has 0 spiro atoms. The topological polar surface area (TPSA) is 189 Å². The molecule has 0 aromatic carbocycles. The maximum absolute atomic E-state index is 8.70. The highest BCUT2D eigenvalue weighted by Gasteiger charge is 1.93. The molecule has 0 fully saturated rings. The van der Waals surface area contributed by atoms with Crippen LogP contribution in [0.3, 0.4) is 0 Å². The molecule has 0 unspecified atom stereocenters. The molecule has 0 bridgehead atoms. The minimum Gasteiger partial charge on any atom is -0.368 e. The zero-order valence-electron chi connectivity index (χ0n) is 6.69. The van der Waals surface area contributed by atoms with Crippen LogP contribution in [0, 0.1) is 10.1 Å². The second-order valence-corrected chi connectivity index (χ2v) is 1.72. The Morgan fingerprint density at radius 1 is 1.14 bits per heavy atom. The first kappa shape index (κ1) is 11.6. The van der Waals surface area contributed by atoms with Crippen LogP contribution in [0.15, 0.2) is 0 Å². The van der Waals surface area contributed by atoms with E-state index in [4.69, 9.17) is 32.6 Å². The lowest BCUT2D eigenvalue weighted by atomic mass is 10.9. The fraction of sp³-hybridized carbons (Fsp3) is 0. The first-order valence-electron chi connectivity index (χ1n) is 2.94. The van der Waals surface area contributed by atoms with Gasteiger partial charge in [-0.2, -0.15) is 15.0 Å². The molecule has 1 aromatic heterocycles. The first-order chi connectivity index (χ1) is 6.45. The van der Waals surface area contributed by atoms with Crippen LogP contribution in [-0.2, 0) is 4.99 Å². The minimum absolute atomic E-state index is 0.0417. The number of hydrogen-bond donors (Lipinski definition) is 4. The molecule has 0 saturated carbocycles. The molecular weight excluding hydrogens is 198 g/mol. The van der Waals surface area contributed by atoms with Crippen molar-refractivity contribution in [3.05, 3.63) is 10.1 Å². The molecule has 0 aliphatic rings. The highest BCUT2D eigenvalue weighted by molar-refractivity contribution is 5.33. The van der Waals surface area contributed by atoms with Gasteiger partial charge < -0.3 is 17.2 Å². The summed E-state index contributed by atoms with van der Waals surface area (Å²) >= 11 is 0. The third-order valence-electron chi connectivity index (χ3n) is 0.754. The van der Waals surface area contributed by atoms with Gasteiger partial charge in [0, 0.05) is 0 Å². The van der Waals surface area contributed by atoms with Crippen LogP contribution in [0.25, 0.3) is 0 Å². The molecule has 11 nitrogen and oxygen atoms in total. The molecule has 0 aliphatic carbocycles. The van der Waals surface area contributed by atoms with E-state index in [9.17, 15) is 0 Å². The van der Waals surface area contributed by atoms with Gasteiger partial charge >= 0.3 is 5.09 Å². The lowest BCUT2D eigenvalue weighted by Crippen LogP contribution is -2.05. The molecule has 1 aromatic rings. The van der Waals surface area contributed by atoms with Gasteiger partial charge in [-0.25, -0.2) is 5.26 Å². The van der Waals surface area contributed by atoms with Gasteiger partial charge in [0.1, 0.15) is 0 Å². The highest BCUT2D eigenvalue weighted by atomic mass is 17.3. The summed E-state index contributed by atoms with van der Waals surface area (Å²) in [4.78, 5) is 21.6. The molecule has 0 saturated heterocycles.